The Balaban J connectivity index is 1.89. The molecule has 2 fully saturated rings. The van der Waals surface area contributed by atoms with E-state index >= 15 is 0 Å². The summed E-state index contributed by atoms with van der Waals surface area (Å²) in [5, 5.41) is 12.8. The van der Waals surface area contributed by atoms with Crippen molar-refractivity contribution in [2.24, 2.45) is 5.41 Å². The smallest absolute Gasteiger partial charge is 0.103 e. The van der Waals surface area contributed by atoms with Crippen LogP contribution >= 0.6 is 15.9 Å². The van der Waals surface area contributed by atoms with Crippen molar-refractivity contribution in [3.63, 3.8) is 0 Å². The maximum absolute atomic E-state index is 9.30. The number of halogens is 1. The van der Waals surface area contributed by atoms with Crippen LogP contribution < -0.4 is 10.2 Å². The van der Waals surface area contributed by atoms with Gasteiger partial charge < -0.3 is 10.2 Å². The molecule has 94 valence electrons. The van der Waals surface area contributed by atoms with Gasteiger partial charge in [0.05, 0.1) is 11.3 Å². The molecular weight excluding hydrogens is 290 g/mol. The van der Waals surface area contributed by atoms with Crippen molar-refractivity contribution >= 4 is 21.6 Å². The average Bonchev–Trinajstić information content (AvgIpc) is 3.00. The molecule has 4 heteroatoms. The van der Waals surface area contributed by atoms with Crippen LogP contribution in [0.1, 0.15) is 18.4 Å². The van der Waals surface area contributed by atoms with E-state index in [0.29, 0.717) is 5.41 Å². The molecule has 3 rings (SSSR count). The second-order valence-electron chi connectivity index (χ2n) is 5.34. The third kappa shape index (κ3) is 1.92. The number of nitrogens with one attached hydrogen (secondary N) is 1. The number of hydrogen-bond donors (Lipinski definition) is 1. The van der Waals surface area contributed by atoms with Crippen molar-refractivity contribution in [3.05, 3.63) is 28.2 Å². The van der Waals surface area contributed by atoms with Gasteiger partial charge in [-0.15, -0.1) is 0 Å². The zero-order valence-corrected chi connectivity index (χ0v) is 11.8. The van der Waals surface area contributed by atoms with Gasteiger partial charge in [-0.1, -0.05) is 6.07 Å². The van der Waals surface area contributed by atoms with Crippen LogP contribution in [0.2, 0.25) is 0 Å². The van der Waals surface area contributed by atoms with Crippen molar-refractivity contribution in [2.45, 2.75) is 12.8 Å². The first-order chi connectivity index (χ1) is 8.74. The van der Waals surface area contributed by atoms with Crippen molar-refractivity contribution in [1.82, 2.24) is 5.32 Å². The molecule has 1 N–H and O–H groups in total. The molecule has 2 aliphatic rings. The Hall–Kier alpha value is -1.05. The lowest BCUT2D eigenvalue weighted by molar-refractivity contribution is 0.369. The Kier molecular flexibility index (Phi) is 3.04. The maximum Gasteiger partial charge on any atom is 0.103 e. The first-order valence-corrected chi connectivity index (χ1v) is 7.18. The molecule has 1 atom stereocenters. The number of nitrogens with zero attached hydrogens (tertiary/aromatic N) is 2. The zero-order chi connectivity index (χ0) is 12.6. The highest BCUT2D eigenvalue weighted by Crippen LogP contribution is 2.39. The fraction of sp³-hybridized carbons (Fsp3) is 0.500. The highest BCUT2D eigenvalue weighted by Gasteiger charge is 2.40. The molecule has 0 amide bonds. The Morgan fingerprint density at radius 3 is 3.00 bits per heavy atom. The van der Waals surface area contributed by atoms with E-state index < -0.39 is 0 Å². The lowest BCUT2D eigenvalue weighted by atomic mass is 9.86. The Bertz CT molecular complexity index is 500. The van der Waals surface area contributed by atoms with Crippen LogP contribution in [0.3, 0.4) is 0 Å². The van der Waals surface area contributed by atoms with E-state index in [9.17, 15) is 5.26 Å². The second-order valence-corrected chi connectivity index (χ2v) is 6.20. The largest absolute Gasteiger partial charge is 0.370 e. The highest BCUT2D eigenvalue weighted by atomic mass is 79.9. The molecule has 1 unspecified atom stereocenters. The third-order valence-electron chi connectivity index (χ3n) is 4.21. The molecule has 1 spiro atoms. The molecule has 18 heavy (non-hydrogen) atoms. The summed E-state index contributed by atoms with van der Waals surface area (Å²) < 4.78 is 0.896. The summed E-state index contributed by atoms with van der Waals surface area (Å²) >= 11 is 3.47. The van der Waals surface area contributed by atoms with Gasteiger partial charge in [-0.3, -0.25) is 0 Å². The van der Waals surface area contributed by atoms with Gasteiger partial charge in [0.25, 0.3) is 0 Å². The van der Waals surface area contributed by atoms with Gasteiger partial charge in [-0.2, -0.15) is 5.26 Å². The SMILES string of the molecule is N#Cc1c(Br)cccc1N1CCC2(CCNC2)C1. The quantitative estimate of drug-likeness (QED) is 0.866. The predicted molar refractivity (Wildman–Crippen MR) is 75.6 cm³/mol. The Morgan fingerprint density at radius 1 is 1.39 bits per heavy atom. The molecule has 1 aromatic carbocycles. The standard InChI is InChI=1S/C14H16BrN3/c15-12-2-1-3-13(11(12)8-16)18-7-5-14(10-18)4-6-17-9-14/h1-3,17H,4-7,9-10H2. The van der Waals surface area contributed by atoms with Crippen molar-refractivity contribution in [1.29, 1.82) is 5.26 Å². The summed E-state index contributed by atoms with van der Waals surface area (Å²) in [5.41, 5.74) is 2.28. The van der Waals surface area contributed by atoms with E-state index in [0.717, 1.165) is 41.9 Å². The molecule has 2 heterocycles. The minimum Gasteiger partial charge on any atom is -0.370 e. The third-order valence-corrected chi connectivity index (χ3v) is 4.88. The maximum atomic E-state index is 9.30. The number of anilines is 1. The lowest BCUT2D eigenvalue weighted by Crippen LogP contribution is -2.29. The molecule has 0 radical (unpaired) electrons. The summed E-state index contributed by atoms with van der Waals surface area (Å²) in [7, 11) is 0. The summed E-state index contributed by atoms with van der Waals surface area (Å²) in [6, 6.07) is 8.32. The Morgan fingerprint density at radius 2 is 2.28 bits per heavy atom. The second kappa shape index (κ2) is 4.56. The first-order valence-electron chi connectivity index (χ1n) is 6.38. The predicted octanol–water partition coefficient (Wildman–Crippen LogP) is 2.51. The van der Waals surface area contributed by atoms with Gasteiger partial charge >= 0.3 is 0 Å². The molecule has 3 nitrogen and oxygen atoms in total. The average molecular weight is 306 g/mol. The zero-order valence-electron chi connectivity index (χ0n) is 10.2. The van der Waals surface area contributed by atoms with Crippen molar-refractivity contribution in [2.75, 3.05) is 31.1 Å². The fourth-order valence-corrected chi connectivity index (χ4v) is 3.62. The van der Waals surface area contributed by atoms with Gasteiger partial charge in [0, 0.05) is 29.5 Å². The van der Waals surface area contributed by atoms with Crippen LogP contribution in [0.15, 0.2) is 22.7 Å². The first kappa shape index (κ1) is 12.0. The van der Waals surface area contributed by atoms with E-state index in [1.54, 1.807) is 0 Å². The van der Waals surface area contributed by atoms with Gasteiger partial charge in [0.2, 0.25) is 0 Å². The number of rotatable bonds is 1. The van der Waals surface area contributed by atoms with E-state index in [1.807, 2.05) is 12.1 Å². The molecule has 0 aromatic heterocycles. The van der Waals surface area contributed by atoms with Crippen LogP contribution in [0.5, 0.6) is 0 Å². The van der Waals surface area contributed by atoms with Crippen LogP contribution in [0.4, 0.5) is 5.69 Å². The van der Waals surface area contributed by atoms with E-state index in [-0.39, 0.29) is 0 Å². The molecule has 2 saturated heterocycles. The topological polar surface area (TPSA) is 39.1 Å². The lowest BCUT2D eigenvalue weighted by Gasteiger charge is -2.24. The summed E-state index contributed by atoms with van der Waals surface area (Å²) in [5.74, 6) is 0. The Labute approximate surface area is 116 Å². The van der Waals surface area contributed by atoms with Gasteiger partial charge in [-0.25, -0.2) is 0 Å². The van der Waals surface area contributed by atoms with Crippen LogP contribution in [-0.2, 0) is 0 Å². The van der Waals surface area contributed by atoms with Crippen molar-refractivity contribution in [3.8, 4) is 6.07 Å². The van der Waals surface area contributed by atoms with E-state index in [1.165, 1.54) is 12.8 Å². The molecule has 2 aliphatic heterocycles. The molecule has 0 bridgehead atoms. The molecule has 0 aliphatic carbocycles. The summed E-state index contributed by atoms with van der Waals surface area (Å²) in [6.07, 6.45) is 2.50. The van der Waals surface area contributed by atoms with Gasteiger partial charge in [-0.05, 0) is 47.4 Å². The van der Waals surface area contributed by atoms with E-state index in [4.69, 9.17) is 0 Å². The molecule has 1 aromatic rings. The van der Waals surface area contributed by atoms with Crippen molar-refractivity contribution < 1.29 is 0 Å². The normalized spacial score (nSPS) is 26.8. The fourth-order valence-electron chi connectivity index (χ4n) is 3.17. The highest BCUT2D eigenvalue weighted by molar-refractivity contribution is 9.10. The number of benzene rings is 1. The van der Waals surface area contributed by atoms with Gasteiger partial charge in [0.1, 0.15) is 6.07 Å². The van der Waals surface area contributed by atoms with Crippen LogP contribution in [0, 0.1) is 16.7 Å². The molecule has 0 saturated carbocycles. The number of nitriles is 1. The number of hydrogen-bond acceptors (Lipinski definition) is 3. The molecular formula is C14H16BrN3. The van der Waals surface area contributed by atoms with Gasteiger partial charge in [0.15, 0.2) is 0 Å². The minimum atomic E-state index is 0.440. The summed E-state index contributed by atoms with van der Waals surface area (Å²) in [6.45, 7) is 4.40. The minimum absolute atomic E-state index is 0.440. The van der Waals surface area contributed by atoms with Crippen LogP contribution in [0.25, 0.3) is 0 Å². The monoisotopic (exact) mass is 305 g/mol. The van der Waals surface area contributed by atoms with Crippen LogP contribution in [-0.4, -0.2) is 26.2 Å². The van der Waals surface area contributed by atoms with E-state index in [2.05, 4.69) is 38.3 Å². The summed E-state index contributed by atoms with van der Waals surface area (Å²) in [4.78, 5) is 2.37.